The van der Waals surface area contributed by atoms with Crippen LogP contribution in [0.3, 0.4) is 0 Å². The number of primary amides is 1. The van der Waals surface area contributed by atoms with Crippen molar-refractivity contribution in [3.8, 4) is 0 Å². The number of carbonyl (C=O) groups excluding carboxylic acids is 2. The van der Waals surface area contributed by atoms with Gasteiger partial charge in [0.2, 0.25) is 5.91 Å². The first-order valence-electron chi connectivity index (χ1n) is 7.90. The van der Waals surface area contributed by atoms with Gasteiger partial charge in [-0.05, 0) is 23.1 Å². The second-order valence-corrected chi connectivity index (χ2v) is 7.00. The van der Waals surface area contributed by atoms with Gasteiger partial charge in [-0.25, -0.2) is 9.18 Å². The zero-order valence-corrected chi connectivity index (χ0v) is 14.2. The van der Waals surface area contributed by atoms with Gasteiger partial charge in [-0.1, -0.05) is 32.9 Å². The van der Waals surface area contributed by atoms with Crippen LogP contribution >= 0.6 is 0 Å². The molecule has 2 atom stereocenters. The molecule has 1 saturated heterocycles. The van der Waals surface area contributed by atoms with Gasteiger partial charge in [0.05, 0.1) is 13.2 Å². The molecule has 2 rings (SSSR count). The van der Waals surface area contributed by atoms with E-state index in [9.17, 15) is 14.0 Å². The molecule has 24 heavy (non-hydrogen) atoms. The Morgan fingerprint density at radius 2 is 1.96 bits per heavy atom. The number of morpholine rings is 1. The van der Waals surface area contributed by atoms with Crippen molar-refractivity contribution in [3.63, 3.8) is 0 Å². The van der Waals surface area contributed by atoms with E-state index < -0.39 is 17.5 Å². The third-order valence-electron chi connectivity index (χ3n) is 4.02. The fourth-order valence-corrected chi connectivity index (χ4v) is 2.70. The molecule has 2 unspecified atom stereocenters. The first-order valence-corrected chi connectivity index (χ1v) is 7.90. The lowest BCUT2D eigenvalue weighted by atomic mass is 9.85. The maximum Gasteiger partial charge on any atom is 0.312 e. The minimum Gasteiger partial charge on any atom is -0.370 e. The minimum atomic E-state index is -0.730. The lowest BCUT2D eigenvalue weighted by Crippen LogP contribution is -2.57. The number of hydrogen-bond acceptors (Lipinski definition) is 3. The van der Waals surface area contributed by atoms with Crippen molar-refractivity contribution in [1.29, 1.82) is 0 Å². The van der Waals surface area contributed by atoms with Gasteiger partial charge >= 0.3 is 6.03 Å². The number of urea groups is 1. The van der Waals surface area contributed by atoms with Gasteiger partial charge in [0, 0.05) is 6.54 Å². The topological polar surface area (TPSA) is 84.7 Å². The van der Waals surface area contributed by atoms with Gasteiger partial charge < -0.3 is 20.7 Å². The average Bonchev–Trinajstić information content (AvgIpc) is 2.51. The number of rotatable bonds is 3. The monoisotopic (exact) mass is 337 g/mol. The van der Waals surface area contributed by atoms with Crippen LogP contribution in [-0.2, 0) is 9.53 Å². The summed E-state index contributed by atoms with van der Waals surface area (Å²) in [5.41, 5.74) is 5.54. The third kappa shape index (κ3) is 4.44. The van der Waals surface area contributed by atoms with E-state index in [1.54, 1.807) is 17.0 Å². The van der Waals surface area contributed by atoms with Gasteiger partial charge in [0.1, 0.15) is 18.0 Å². The lowest BCUT2D eigenvalue weighted by Gasteiger charge is -2.38. The smallest absolute Gasteiger partial charge is 0.312 e. The van der Waals surface area contributed by atoms with Crippen LogP contribution in [0.1, 0.15) is 32.4 Å². The van der Waals surface area contributed by atoms with E-state index in [-0.39, 0.29) is 17.8 Å². The molecular formula is C17H24FN3O3. The molecule has 3 N–H and O–H groups in total. The highest BCUT2D eigenvalue weighted by Crippen LogP contribution is 2.26. The quantitative estimate of drug-likeness (QED) is 0.882. The number of ether oxygens (including phenoxy) is 1. The number of nitrogens with zero attached hydrogens (tertiary/aromatic N) is 1. The highest BCUT2D eigenvalue weighted by atomic mass is 19.1. The normalized spacial score (nSPS) is 19.7. The summed E-state index contributed by atoms with van der Waals surface area (Å²) in [7, 11) is 0. The molecule has 0 aliphatic carbocycles. The molecule has 1 fully saturated rings. The predicted octanol–water partition coefficient (Wildman–Crippen LogP) is 1.81. The molecule has 3 amide bonds. The highest BCUT2D eigenvalue weighted by molar-refractivity contribution is 5.87. The van der Waals surface area contributed by atoms with Crippen molar-refractivity contribution < 1.29 is 18.7 Å². The molecule has 1 aliphatic heterocycles. The Hall–Kier alpha value is -2.15. The molecule has 0 aromatic heterocycles. The maximum atomic E-state index is 13.1. The second-order valence-electron chi connectivity index (χ2n) is 7.00. The number of nitrogens with two attached hydrogens (primary N) is 1. The van der Waals surface area contributed by atoms with Crippen LogP contribution < -0.4 is 11.1 Å². The fraction of sp³-hybridized carbons (Fsp3) is 0.529. The Morgan fingerprint density at radius 3 is 2.50 bits per heavy atom. The zero-order chi connectivity index (χ0) is 17.9. The minimum absolute atomic E-state index is 0.197. The Morgan fingerprint density at radius 1 is 1.33 bits per heavy atom. The van der Waals surface area contributed by atoms with Gasteiger partial charge in [-0.15, -0.1) is 0 Å². The second kappa shape index (κ2) is 7.17. The molecule has 0 spiro atoms. The molecule has 0 saturated carbocycles. The molecule has 1 heterocycles. The summed E-state index contributed by atoms with van der Waals surface area (Å²) in [6.07, 6.45) is -0.322. The van der Waals surface area contributed by atoms with Crippen molar-refractivity contribution in [3.05, 3.63) is 35.6 Å². The number of carbonyl (C=O) groups is 2. The average molecular weight is 337 g/mol. The molecule has 1 aromatic rings. The van der Waals surface area contributed by atoms with Crippen LogP contribution in [0.15, 0.2) is 24.3 Å². The summed E-state index contributed by atoms with van der Waals surface area (Å²) in [5.74, 6) is -0.516. The van der Waals surface area contributed by atoms with Crippen molar-refractivity contribution in [2.24, 2.45) is 11.1 Å². The number of halogens is 1. The Bertz CT molecular complexity index is 598. The van der Waals surface area contributed by atoms with E-state index in [1.807, 2.05) is 20.8 Å². The number of amides is 3. The summed E-state index contributed by atoms with van der Waals surface area (Å²) in [6.45, 7) is 6.75. The molecule has 0 bridgehead atoms. The number of benzene rings is 1. The predicted molar refractivity (Wildman–Crippen MR) is 87.6 cm³/mol. The van der Waals surface area contributed by atoms with Gasteiger partial charge in [-0.2, -0.15) is 0 Å². The molecule has 1 aromatic carbocycles. The number of nitrogens with one attached hydrogen (secondary N) is 1. The number of hydrogen-bond donors (Lipinski definition) is 2. The molecule has 6 nitrogen and oxygen atoms in total. The highest BCUT2D eigenvalue weighted by Gasteiger charge is 2.37. The largest absolute Gasteiger partial charge is 0.370 e. The third-order valence-corrected chi connectivity index (χ3v) is 4.02. The Kier molecular flexibility index (Phi) is 5.43. The lowest BCUT2D eigenvalue weighted by molar-refractivity contribution is -0.143. The summed E-state index contributed by atoms with van der Waals surface area (Å²) < 4.78 is 18.8. The van der Waals surface area contributed by atoms with Crippen molar-refractivity contribution in [2.75, 3.05) is 19.7 Å². The van der Waals surface area contributed by atoms with E-state index in [0.717, 1.165) is 5.56 Å². The van der Waals surface area contributed by atoms with Crippen LogP contribution in [0.2, 0.25) is 0 Å². The first kappa shape index (κ1) is 18.2. The van der Waals surface area contributed by atoms with Crippen molar-refractivity contribution in [2.45, 2.75) is 32.9 Å². The summed E-state index contributed by atoms with van der Waals surface area (Å²) in [5, 5.41) is 2.54. The maximum absolute atomic E-state index is 13.1. The SMILES string of the molecule is CC(C)(C)C(NC(N)=O)C(=O)N1CCOC(c2ccc(F)cc2)C1. The molecule has 7 heteroatoms. The summed E-state index contributed by atoms with van der Waals surface area (Å²) in [4.78, 5) is 25.7. The van der Waals surface area contributed by atoms with Crippen LogP contribution in [0.5, 0.6) is 0 Å². The van der Waals surface area contributed by atoms with Gasteiger partial charge in [0.15, 0.2) is 0 Å². The van der Waals surface area contributed by atoms with E-state index in [2.05, 4.69) is 5.32 Å². The fourth-order valence-electron chi connectivity index (χ4n) is 2.70. The van der Waals surface area contributed by atoms with Gasteiger partial charge in [-0.3, -0.25) is 4.79 Å². The van der Waals surface area contributed by atoms with Crippen molar-refractivity contribution >= 4 is 11.9 Å². The van der Waals surface area contributed by atoms with Crippen LogP contribution in [0.25, 0.3) is 0 Å². The van der Waals surface area contributed by atoms with Crippen LogP contribution in [0.4, 0.5) is 9.18 Å². The van der Waals surface area contributed by atoms with Crippen LogP contribution in [0, 0.1) is 11.2 Å². The van der Waals surface area contributed by atoms with E-state index in [1.165, 1.54) is 12.1 Å². The molecule has 0 radical (unpaired) electrons. The van der Waals surface area contributed by atoms with E-state index >= 15 is 0 Å². The summed E-state index contributed by atoms with van der Waals surface area (Å²) in [6, 6.07) is 4.58. The molecule has 1 aliphatic rings. The first-order chi connectivity index (χ1) is 11.2. The summed E-state index contributed by atoms with van der Waals surface area (Å²) >= 11 is 0. The molecular weight excluding hydrogens is 313 g/mol. The Balaban J connectivity index is 2.13. The van der Waals surface area contributed by atoms with E-state index in [4.69, 9.17) is 10.5 Å². The van der Waals surface area contributed by atoms with Crippen molar-refractivity contribution in [1.82, 2.24) is 10.2 Å². The molecule has 132 valence electrons. The Labute approximate surface area is 141 Å². The van der Waals surface area contributed by atoms with Crippen LogP contribution in [-0.4, -0.2) is 42.6 Å². The van der Waals surface area contributed by atoms with E-state index in [0.29, 0.717) is 19.7 Å². The zero-order valence-electron chi connectivity index (χ0n) is 14.2. The standard InChI is InChI=1S/C17H24FN3O3/c1-17(2,3)14(20-16(19)23)15(22)21-8-9-24-13(10-21)11-4-6-12(18)7-5-11/h4-7,13-14H,8-10H2,1-3H3,(H3,19,20,23). The van der Waals surface area contributed by atoms with Gasteiger partial charge in [0.25, 0.3) is 0 Å².